The zero-order valence-electron chi connectivity index (χ0n) is 8.75. The Kier molecular flexibility index (Phi) is 3.33. The van der Waals surface area contributed by atoms with Gasteiger partial charge in [-0.1, -0.05) is 15.9 Å². The van der Waals surface area contributed by atoms with E-state index in [1.54, 1.807) is 6.92 Å². The molecule has 88 valence electrons. The average molecular weight is 301 g/mol. The van der Waals surface area contributed by atoms with Crippen LogP contribution < -0.4 is 4.74 Å². The van der Waals surface area contributed by atoms with E-state index < -0.39 is 11.6 Å². The third-order valence-corrected chi connectivity index (χ3v) is 2.41. The predicted octanol–water partition coefficient (Wildman–Crippen LogP) is 3.62. The highest BCUT2D eigenvalue weighted by Gasteiger charge is 2.12. The first-order valence-corrected chi connectivity index (χ1v) is 5.46. The van der Waals surface area contributed by atoms with Crippen molar-refractivity contribution in [3.63, 3.8) is 0 Å². The van der Waals surface area contributed by atoms with Crippen LogP contribution in [0.5, 0.6) is 11.6 Å². The molecule has 0 unspecified atom stereocenters. The van der Waals surface area contributed by atoms with E-state index in [2.05, 4.69) is 25.9 Å². The molecule has 0 aliphatic heterocycles. The van der Waals surface area contributed by atoms with Crippen molar-refractivity contribution in [3.05, 3.63) is 46.3 Å². The van der Waals surface area contributed by atoms with Crippen molar-refractivity contribution in [2.24, 2.45) is 0 Å². The number of halogens is 3. The SMILES string of the molecule is Cc1cc(Oc2cc(Br)cc(F)c2F)ncn1. The van der Waals surface area contributed by atoms with Crippen LogP contribution in [0.4, 0.5) is 8.78 Å². The molecular weight excluding hydrogens is 294 g/mol. The van der Waals surface area contributed by atoms with Crippen LogP contribution in [-0.2, 0) is 0 Å². The average Bonchev–Trinajstić information content (AvgIpc) is 2.25. The van der Waals surface area contributed by atoms with Gasteiger partial charge in [0.25, 0.3) is 0 Å². The van der Waals surface area contributed by atoms with E-state index in [4.69, 9.17) is 4.74 Å². The second kappa shape index (κ2) is 4.75. The number of hydrogen-bond donors (Lipinski definition) is 0. The molecule has 0 aliphatic rings. The van der Waals surface area contributed by atoms with Gasteiger partial charge in [-0.05, 0) is 19.1 Å². The van der Waals surface area contributed by atoms with Crippen molar-refractivity contribution < 1.29 is 13.5 Å². The Bertz CT molecular complexity index is 563. The van der Waals surface area contributed by atoms with Gasteiger partial charge in [0.05, 0.1) is 0 Å². The summed E-state index contributed by atoms with van der Waals surface area (Å²) >= 11 is 3.06. The van der Waals surface area contributed by atoms with Gasteiger partial charge in [-0.15, -0.1) is 0 Å². The van der Waals surface area contributed by atoms with Crippen LogP contribution in [0.1, 0.15) is 5.69 Å². The largest absolute Gasteiger partial charge is 0.436 e. The quantitative estimate of drug-likeness (QED) is 0.795. The second-order valence-corrected chi connectivity index (χ2v) is 4.22. The maximum atomic E-state index is 13.4. The van der Waals surface area contributed by atoms with Gasteiger partial charge < -0.3 is 4.74 Å². The Morgan fingerprint density at radius 2 is 1.94 bits per heavy atom. The van der Waals surface area contributed by atoms with Gasteiger partial charge in [-0.3, -0.25) is 0 Å². The minimum Gasteiger partial charge on any atom is -0.436 e. The number of hydrogen-bond acceptors (Lipinski definition) is 3. The molecule has 3 nitrogen and oxygen atoms in total. The third-order valence-electron chi connectivity index (χ3n) is 1.95. The van der Waals surface area contributed by atoms with Crippen molar-refractivity contribution in [1.29, 1.82) is 0 Å². The minimum atomic E-state index is -1.05. The predicted molar refractivity (Wildman–Crippen MR) is 60.9 cm³/mol. The first kappa shape index (κ1) is 11.9. The standard InChI is InChI=1S/C11H7BrF2N2O/c1-6-2-10(16-5-15-6)17-9-4-7(12)3-8(13)11(9)14/h2-5H,1H3. The van der Waals surface area contributed by atoms with Gasteiger partial charge >= 0.3 is 0 Å². The number of aromatic nitrogens is 2. The molecule has 0 N–H and O–H groups in total. The molecule has 2 rings (SSSR count). The normalized spacial score (nSPS) is 10.4. The minimum absolute atomic E-state index is 0.161. The molecule has 0 saturated carbocycles. The number of nitrogens with zero attached hydrogens (tertiary/aromatic N) is 2. The van der Waals surface area contributed by atoms with E-state index in [-0.39, 0.29) is 11.6 Å². The lowest BCUT2D eigenvalue weighted by atomic mass is 10.3. The smallest absolute Gasteiger partial charge is 0.222 e. The second-order valence-electron chi connectivity index (χ2n) is 3.30. The van der Waals surface area contributed by atoms with Crippen LogP contribution in [0, 0.1) is 18.6 Å². The number of ether oxygens (including phenoxy) is 1. The molecule has 0 saturated heterocycles. The monoisotopic (exact) mass is 300 g/mol. The van der Waals surface area contributed by atoms with Gasteiger partial charge in [-0.25, -0.2) is 14.4 Å². The van der Waals surface area contributed by atoms with Crippen LogP contribution in [-0.4, -0.2) is 9.97 Å². The fourth-order valence-electron chi connectivity index (χ4n) is 1.21. The maximum absolute atomic E-state index is 13.4. The van der Waals surface area contributed by atoms with Crippen LogP contribution in [0.15, 0.2) is 29.0 Å². The number of rotatable bonds is 2. The summed E-state index contributed by atoms with van der Waals surface area (Å²) in [5.74, 6) is -2.10. The molecule has 0 aliphatic carbocycles. The highest BCUT2D eigenvalue weighted by molar-refractivity contribution is 9.10. The molecule has 6 heteroatoms. The van der Waals surface area contributed by atoms with Gasteiger partial charge in [-0.2, -0.15) is 4.39 Å². The molecule has 0 spiro atoms. The fraction of sp³-hybridized carbons (Fsp3) is 0.0909. The molecule has 1 aromatic heterocycles. The van der Waals surface area contributed by atoms with E-state index in [9.17, 15) is 8.78 Å². The zero-order chi connectivity index (χ0) is 12.4. The molecule has 2 aromatic rings. The highest BCUT2D eigenvalue weighted by Crippen LogP contribution is 2.28. The van der Waals surface area contributed by atoms with Gasteiger partial charge in [0, 0.05) is 16.2 Å². The Labute approximate surface area is 105 Å². The number of benzene rings is 1. The summed E-state index contributed by atoms with van der Waals surface area (Å²) in [6, 6.07) is 3.88. The lowest BCUT2D eigenvalue weighted by molar-refractivity contribution is 0.404. The summed E-state index contributed by atoms with van der Waals surface area (Å²) in [6.07, 6.45) is 1.29. The van der Waals surface area contributed by atoms with Gasteiger partial charge in [0.15, 0.2) is 11.6 Å². The van der Waals surface area contributed by atoms with Crippen LogP contribution in [0.25, 0.3) is 0 Å². The Morgan fingerprint density at radius 3 is 2.65 bits per heavy atom. The van der Waals surface area contributed by atoms with Gasteiger partial charge in [0.2, 0.25) is 11.7 Å². The van der Waals surface area contributed by atoms with E-state index >= 15 is 0 Å². The molecule has 1 heterocycles. The van der Waals surface area contributed by atoms with Gasteiger partial charge in [0.1, 0.15) is 6.33 Å². The third kappa shape index (κ3) is 2.76. The Balaban J connectivity index is 2.36. The molecule has 0 amide bonds. The summed E-state index contributed by atoms with van der Waals surface area (Å²) in [5.41, 5.74) is 0.672. The van der Waals surface area contributed by atoms with Crippen LogP contribution >= 0.6 is 15.9 Å². The fourth-order valence-corrected chi connectivity index (χ4v) is 1.61. The van der Waals surface area contributed by atoms with Crippen LogP contribution in [0.3, 0.4) is 0 Å². The summed E-state index contributed by atoms with van der Waals surface area (Å²) in [7, 11) is 0. The first-order chi connectivity index (χ1) is 8.06. The zero-order valence-corrected chi connectivity index (χ0v) is 10.3. The topological polar surface area (TPSA) is 35.0 Å². The summed E-state index contributed by atoms with van der Waals surface area (Å²) in [6.45, 7) is 1.74. The van der Waals surface area contributed by atoms with Crippen molar-refractivity contribution >= 4 is 15.9 Å². The first-order valence-electron chi connectivity index (χ1n) is 4.67. The molecule has 0 fully saturated rings. The van der Waals surface area contributed by atoms with E-state index in [1.807, 2.05) is 0 Å². The summed E-state index contributed by atoms with van der Waals surface area (Å²) in [5, 5.41) is 0. The molecular formula is C11H7BrF2N2O. The highest BCUT2D eigenvalue weighted by atomic mass is 79.9. The van der Waals surface area contributed by atoms with E-state index in [0.717, 1.165) is 6.07 Å². The van der Waals surface area contributed by atoms with E-state index in [1.165, 1.54) is 18.5 Å². The molecule has 0 radical (unpaired) electrons. The number of aryl methyl sites for hydroxylation is 1. The van der Waals surface area contributed by atoms with Crippen molar-refractivity contribution in [2.75, 3.05) is 0 Å². The maximum Gasteiger partial charge on any atom is 0.222 e. The lowest BCUT2D eigenvalue weighted by Gasteiger charge is -2.07. The summed E-state index contributed by atoms with van der Waals surface area (Å²) in [4.78, 5) is 7.67. The lowest BCUT2D eigenvalue weighted by Crippen LogP contribution is -1.95. The van der Waals surface area contributed by atoms with Crippen molar-refractivity contribution in [1.82, 2.24) is 9.97 Å². The molecule has 17 heavy (non-hydrogen) atoms. The summed E-state index contributed by atoms with van der Waals surface area (Å²) < 4.78 is 32.0. The molecule has 0 atom stereocenters. The Morgan fingerprint density at radius 1 is 1.18 bits per heavy atom. The van der Waals surface area contributed by atoms with Crippen LogP contribution in [0.2, 0.25) is 0 Å². The molecule has 0 bridgehead atoms. The van der Waals surface area contributed by atoms with Crippen molar-refractivity contribution in [3.8, 4) is 11.6 Å². The molecule has 1 aromatic carbocycles. The van der Waals surface area contributed by atoms with Crippen molar-refractivity contribution in [2.45, 2.75) is 6.92 Å². The van der Waals surface area contributed by atoms with E-state index in [0.29, 0.717) is 10.2 Å². The Hall–Kier alpha value is -1.56.